The van der Waals surface area contributed by atoms with Crippen LogP contribution in [0.5, 0.6) is 0 Å². The zero-order chi connectivity index (χ0) is 18.4. The molecule has 1 N–H and O–H groups in total. The fourth-order valence-electron chi connectivity index (χ4n) is 3.55. The summed E-state index contributed by atoms with van der Waals surface area (Å²) in [5.74, 6) is -0.603. The predicted molar refractivity (Wildman–Crippen MR) is 98.6 cm³/mol. The van der Waals surface area contributed by atoms with Gasteiger partial charge in [-0.05, 0) is 50.1 Å². The fraction of sp³-hybridized carbons (Fsp3) is 0.250. The van der Waals surface area contributed by atoms with Crippen molar-refractivity contribution in [3.8, 4) is 0 Å². The number of fused-ring (bicyclic) bond motifs is 2. The lowest BCUT2D eigenvalue weighted by Crippen LogP contribution is -2.35. The quantitative estimate of drug-likeness (QED) is 0.846. The second kappa shape index (κ2) is 5.98. The van der Waals surface area contributed by atoms with Gasteiger partial charge in [0.15, 0.2) is 0 Å². The van der Waals surface area contributed by atoms with Crippen LogP contribution in [0.4, 0.5) is 16.2 Å². The molecule has 4 amide bonds. The first kappa shape index (κ1) is 16.3. The molecule has 2 aromatic carbocycles. The maximum atomic E-state index is 12.6. The summed E-state index contributed by atoms with van der Waals surface area (Å²) in [4.78, 5) is 40.4. The van der Waals surface area contributed by atoms with Crippen molar-refractivity contribution in [1.82, 2.24) is 4.90 Å². The fourth-order valence-corrected chi connectivity index (χ4v) is 3.55. The van der Waals surface area contributed by atoms with Crippen molar-refractivity contribution in [3.05, 3.63) is 59.2 Å². The number of benzene rings is 2. The van der Waals surface area contributed by atoms with Gasteiger partial charge >= 0.3 is 6.03 Å². The SMILES string of the molecule is CC(C)N1C(=O)c2ccc(NC(=O)N3CCc4ccccc43)cc2C1=O. The molecule has 0 saturated carbocycles. The molecular formula is C20H19N3O3. The number of anilines is 2. The van der Waals surface area contributed by atoms with Crippen LogP contribution in [0.2, 0.25) is 0 Å². The summed E-state index contributed by atoms with van der Waals surface area (Å²) < 4.78 is 0. The number of nitrogens with zero attached hydrogens (tertiary/aromatic N) is 2. The maximum absolute atomic E-state index is 12.6. The molecular weight excluding hydrogens is 330 g/mol. The maximum Gasteiger partial charge on any atom is 0.326 e. The zero-order valence-corrected chi connectivity index (χ0v) is 14.7. The van der Waals surface area contributed by atoms with Crippen molar-refractivity contribution in [1.29, 1.82) is 0 Å². The van der Waals surface area contributed by atoms with E-state index in [0.717, 1.165) is 17.7 Å². The minimum absolute atomic E-state index is 0.207. The van der Waals surface area contributed by atoms with Crippen LogP contribution in [0.25, 0.3) is 0 Å². The first-order valence-corrected chi connectivity index (χ1v) is 8.65. The van der Waals surface area contributed by atoms with E-state index in [0.29, 0.717) is 23.4 Å². The monoisotopic (exact) mass is 349 g/mol. The minimum atomic E-state index is -0.317. The van der Waals surface area contributed by atoms with Gasteiger partial charge in [0.25, 0.3) is 11.8 Å². The molecule has 0 atom stereocenters. The van der Waals surface area contributed by atoms with E-state index >= 15 is 0 Å². The molecule has 0 bridgehead atoms. The molecule has 0 spiro atoms. The van der Waals surface area contributed by atoms with Crippen molar-refractivity contribution in [3.63, 3.8) is 0 Å². The van der Waals surface area contributed by atoms with E-state index < -0.39 is 0 Å². The van der Waals surface area contributed by atoms with Crippen molar-refractivity contribution < 1.29 is 14.4 Å². The molecule has 6 heteroatoms. The van der Waals surface area contributed by atoms with Crippen molar-refractivity contribution in [2.45, 2.75) is 26.3 Å². The van der Waals surface area contributed by atoms with Crippen LogP contribution in [0.15, 0.2) is 42.5 Å². The van der Waals surface area contributed by atoms with Crippen LogP contribution in [0.1, 0.15) is 40.1 Å². The van der Waals surface area contributed by atoms with Crippen molar-refractivity contribution >= 4 is 29.2 Å². The lowest BCUT2D eigenvalue weighted by molar-refractivity contribution is 0.0609. The summed E-state index contributed by atoms with van der Waals surface area (Å²) in [6.45, 7) is 4.22. The molecule has 26 heavy (non-hydrogen) atoms. The lowest BCUT2D eigenvalue weighted by atomic mass is 10.1. The summed E-state index contributed by atoms with van der Waals surface area (Å²) in [7, 11) is 0. The standard InChI is InChI=1S/C20H19N3O3/c1-12(2)23-18(24)15-8-7-14(11-16(15)19(23)25)21-20(26)22-10-9-13-5-3-4-6-17(13)22/h3-8,11-12H,9-10H2,1-2H3,(H,21,26). The second-order valence-electron chi connectivity index (χ2n) is 6.79. The number of carbonyl (C=O) groups is 3. The van der Waals surface area contributed by atoms with Crippen LogP contribution in [0.3, 0.4) is 0 Å². The molecule has 6 nitrogen and oxygen atoms in total. The first-order valence-electron chi connectivity index (χ1n) is 8.65. The van der Waals surface area contributed by atoms with E-state index in [2.05, 4.69) is 5.32 Å². The number of para-hydroxylation sites is 1. The van der Waals surface area contributed by atoms with Gasteiger partial charge in [-0.2, -0.15) is 0 Å². The van der Waals surface area contributed by atoms with Crippen LogP contribution >= 0.6 is 0 Å². The van der Waals surface area contributed by atoms with E-state index in [1.54, 1.807) is 36.9 Å². The number of imide groups is 1. The molecule has 0 aliphatic carbocycles. The van der Waals surface area contributed by atoms with E-state index in [1.165, 1.54) is 4.90 Å². The Morgan fingerprint density at radius 1 is 1.04 bits per heavy atom. The highest BCUT2D eigenvalue weighted by atomic mass is 16.2. The average Bonchev–Trinajstić information content (AvgIpc) is 3.15. The minimum Gasteiger partial charge on any atom is -0.308 e. The Bertz CT molecular complexity index is 936. The molecule has 0 radical (unpaired) electrons. The Morgan fingerprint density at radius 3 is 2.54 bits per heavy atom. The van der Waals surface area contributed by atoms with E-state index in [4.69, 9.17) is 0 Å². The summed E-state index contributed by atoms with van der Waals surface area (Å²) in [5.41, 5.74) is 3.27. The second-order valence-corrected chi connectivity index (χ2v) is 6.79. The van der Waals surface area contributed by atoms with Gasteiger partial charge in [0.1, 0.15) is 0 Å². The van der Waals surface area contributed by atoms with Crippen LogP contribution in [0, 0.1) is 0 Å². The first-order chi connectivity index (χ1) is 12.5. The Labute approximate surface area is 151 Å². The number of rotatable bonds is 2. The van der Waals surface area contributed by atoms with Gasteiger partial charge in [0.05, 0.1) is 11.1 Å². The van der Waals surface area contributed by atoms with Crippen LogP contribution in [-0.2, 0) is 6.42 Å². The van der Waals surface area contributed by atoms with E-state index in [1.807, 2.05) is 24.3 Å². The molecule has 2 aromatic rings. The predicted octanol–water partition coefficient (Wildman–Crippen LogP) is 3.29. The number of carbonyl (C=O) groups excluding carboxylic acids is 3. The number of hydrogen-bond donors (Lipinski definition) is 1. The molecule has 0 unspecified atom stereocenters. The molecule has 2 aliphatic heterocycles. The number of urea groups is 1. The van der Waals surface area contributed by atoms with Crippen molar-refractivity contribution in [2.75, 3.05) is 16.8 Å². The third-order valence-electron chi connectivity index (χ3n) is 4.82. The molecule has 0 aromatic heterocycles. The van der Waals surface area contributed by atoms with Gasteiger partial charge in [0, 0.05) is 24.0 Å². The Kier molecular flexibility index (Phi) is 3.76. The van der Waals surface area contributed by atoms with Gasteiger partial charge in [0.2, 0.25) is 0 Å². The summed E-state index contributed by atoms with van der Waals surface area (Å²) in [6, 6.07) is 12.2. The molecule has 2 heterocycles. The van der Waals surface area contributed by atoms with E-state index in [9.17, 15) is 14.4 Å². The average molecular weight is 349 g/mol. The molecule has 2 aliphatic rings. The van der Waals surface area contributed by atoms with Crippen molar-refractivity contribution in [2.24, 2.45) is 0 Å². The highest BCUT2D eigenvalue weighted by molar-refractivity contribution is 6.22. The van der Waals surface area contributed by atoms with Crippen LogP contribution < -0.4 is 10.2 Å². The van der Waals surface area contributed by atoms with Crippen LogP contribution in [-0.4, -0.2) is 35.3 Å². The summed E-state index contributed by atoms with van der Waals surface area (Å²) in [6.07, 6.45) is 0.824. The molecule has 132 valence electrons. The highest BCUT2D eigenvalue weighted by Crippen LogP contribution is 2.30. The molecule has 0 fully saturated rings. The molecule has 0 saturated heterocycles. The third kappa shape index (κ3) is 2.45. The Balaban J connectivity index is 1.57. The highest BCUT2D eigenvalue weighted by Gasteiger charge is 2.37. The smallest absolute Gasteiger partial charge is 0.308 e. The normalized spacial score (nSPS) is 15.5. The zero-order valence-electron chi connectivity index (χ0n) is 14.7. The van der Waals surface area contributed by atoms with Gasteiger partial charge < -0.3 is 5.32 Å². The Morgan fingerprint density at radius 2 is 1.77 bits per heavy atom. The summed E-state index contributed by atoms with van der Waals surface area (Å²) in [5, 5.41) is 2.84. The number of hydrogen-bond acceptors (Lipinski definition) is 3. The summed E-state index contributed by atoms with van der Waals surface area (Å²) >= 11 is 0. The van der Waals surface area contributed by atoms with Gasteiger partial charge in [-0.15, -0.1) is 0 Å². The van der Waals surface area contributed by atoms with Gasteiger partial charge in [-0.1, -0.05) is 18.2 Å². The van der Waals surface area contributed by atoms with Gasteiger partial charge in [-0.3, -0.25) is 19.4 Å². The third-order valence-corrected chi connectivity index (χ3v) is 4.82. The number of nitrogens with one attached hydrogen (secondary N) is 1. The largest absolute Gasteiger partial charge is 0.326 e. The topological polar surface area (TPSA) is 69.7 Å². The molecule has 4 rings (SSSR count). The number of amides is 4. The Hall–Kier alpha value is -3.15. The lowest BCUT2D eigenvalue weighted by Gasteiger charge is -2.18. The van der Waals surface area contributed by atoms with Gasteiger partial charge in [-0.25, -0.2) is 4.79 Å². The van der Waals surface area contributed by atoms with E-state index in [-0.39, 0.29) is 23.9 Å².